The third-order valence-corrected chi connectivity index (χ3v) is 4.46. The van der Waals surface area contributed by atoms with E-state index in [9.17, 15) is 34.5 Å². The molecule has 2 amide bonds. The third-order valence-electron chi connectivity index (χ3n) is 4.10. The van der Waals surface area contributed by atoms with Gasteiger partial charge in [-0.05, 0) is 25.0 Å². The van der Waals surface area contributed by atoms with Gasteiger partial charge >= 0.3 is 11.9 Å². The Morgan fingerprint density at radius 3 is 2.20 bits per heavy atom. The van der Waals surface area contributed by atoms with E-state index in [2.05, 4.69) is 28.6 Å². The Hall–Kier alpha value is -2.99. The monoisotopic (exact) mass is 443 g/mol. The number of carbonyl (C=O) groups excluding carboxylic acids is 2. The number of carboxylic acids is 2. The zero-order valence-corrected chi connectivity index (χ0v) is 16.9. The topological polar surface area (TPSA) is 185 Å². The summed E-state index contributed by atoms with van der Waals surface area (Å²) >= 11 is 3.94. The van der Waals surface area contributed by atoms with Gasteiger partial charge in [-0.3, -0.25) is 19.2 Å². The number of hydrogen-bond acceptors (Lipinski definition) is 8. The quantitative estimate of drug-likeness (QED) is 0.178. The number of phenols is 2. The smallest absolute Gasteiger partial charge is 0.322 e. The molecule has 0 aliphatic carbocycles. The van der Waals surface area contributed by atoms with E-state index in [1.807, 2.05) is 0 Å². The van der Waals surface area contributed by atoms with Crippen LogP contribution in [-0.4, -0.2) is 75.1 Å². The number of aliphatic carboxylic acids is 2. The van der Waals surface area contributed by atoms with Gasteiger partial charge in [-0.1, -0.05) is 6.07 Å². The van der Waals surface area contributed by atoms with E-state index in [1.54, 1.807) is 0 Å². The summed E-state index contributed by atoms with van der Waals surface area (Å²) in [6, 6.07) is 2.15. The Labute approximate surface area is 177 Å². The molecule has 1 aromatic rings. The maximum Gasteiger partial charge on any atom is 0.322 e. The van der Waals surface area contributed by atoms with Crippen LogP contribution in [-0.2, 0) is 25.6 Å². The molecule has 12 heteroatoms. The minimum Gasteiger partial charge on any atom is -0.508 e. The van der Waals surface area contributed by atoms with Crippen LogP contribution in [0.2, 0.25) is 0 Å². The van der Waals surface area contributed by atoms with Gasteiger partial charge in [0.15, 0.2) is 0 Å². The molecule has 1 aromatic carbocycles. The number of carboxylic acid groups (broad SMARTS) is 2. The van der Waals surface area contributed by atoms with Crippen molar-refractivity contribution in [2.24, 2.45) is 0 Å². The van der Waals surface area contributed by atoms with E-state index in [-0.39, 0.29) is 48.6 Å². The van der Waals surface area contributed by atoms with Gasteiger partial charge in [0.05, 0.1) is 0 Å². The Bertz CT molecular complexity index is 754. The van der Waals surface area contributed by atoms with Crippen molar-refractivity contribution in [3.05, 3.63) is 23.8 Å². The molecule has 0 unspecified atom stereocenters. The number of thiol groups is 1. The molecule has 7 N–H and O–H groups in total. The van der Waals surface area contributed by atoms with Gasteiger partial charge in [0.1, 0.15) is 30.1 Å². The molecule has 0 aliphatic heterocycles. The number of rotatable bonds is 13. The molecule has 0 radical (unpaired) electrons. The van der Waals surface area contributed by atoms with E-state index in [4.69, 9.17) is 5.11 Å². The van der Waals surface area contributed by atoms with Crippen molar-refractivity contribution < 1.29 is 39.6 Å². The van der Waals surface area contributed by atoms with Crippen LogP contribution in [0.3, 0.4) is 0 Å². The number of benzene rings is 1. The highest BCUT2D eigenvalue weighted by Crippen LogP contribution is 2.26. The predicted molar refractivity (Wildman–Crippen MR) is 109 cm³/mol. The molecule has 0 fully saturated rings. The third kappa shape index (κ3) is 8.57. The molecule has 0 aromatic heterocycles. The molecule has 11 nitrogen and oxygen atoms in total. The predicted octanol–water partition coefficient (Wildman–Crippen LogP) is -0.921. The summed E-state index contributed by atoms with van der Waals surface area (Å²) in [7, 11) is 0. The average molecular weight is 443 g/mol. The fourth-order valence-corrected chi connectivity index (χ4v) is 2.78. The first-order chi connectivity index (χ1) is 14.1. The van der Waals surface area contributed by atoms with Gasteiger partial charge in [-0.2, -0.15) is 12.6 Å². The van der Waals surface area contributed by atoms with Crippen LogP contribution >= 0.6 is 12.6 Å². The molecule has 30 heavy (non-hydrogen) atoms. The fraction of sp³-hybridized carbons (Fsp3) is 0.444. The summed E-state index contributed by atoms with van der Waals surface area (Å²) in [4.78, 5) is 45.7. The average Bonchev–Trinajstić information content (AvgIpc) is 2.68. The normalized spacial score (nSPS) is 12.6. The molecule has 166 valence electrons. The zero-order chi connectivity index (χ0) is 22.7. The Morgan fingerprint density at radius 2 is 1.67 bits per heavy atom. The molecule has 0 saturated heterocycles. The lowest BCUT2D eigenvalue weighted by molar-refractivity contribution is -0.140. The fourth-order valence-electron chi connectivity index (χ4n) is 2.53. The highest BCUT2D eigenvalue weighted by molar-refractivity contribution is 7.80. The second-order valence-electron chi connectivity index (χ2n) is 6.32. The van der Waals surface area contributed by atoms with Crippen LogP contribution < -0.4 is 16.0 Å². The molecule has 0 saturated carbocycles. The Kier molecular flexibility index (Phi) is 10.5. The van der Waals surface area contributed by atoms with Crippen molar-refractivity contribution in [1.82, 2.24) is 16.0 Å². The first-order valence-corrected chi connectivity index (χ1v) is 9.64. The summed E-state index contributed by atoms with van der Waals surface area (Å²) in [6.45, 7) is -0.475. The number of carbonyl (C=O) groups is 4. The van der Waals surface area contributed by atoms with Crippen molar-refractivity contribution in [3.8, 4) is 11.5 Å². The van der Waals surface area contributed by atoms with Crippen LogP contribution in [0.5, 0.6) is 11.5 Å². The number of hydrogen-bond donors (Lipinski definition) is 8. The van der Waals surface area contributed by atoms with Gasteiger partial charge < -0.3 is 36.4 Å². The van der Waals surface area contributed by atoms with Gasteiger partial charge in [0, 0.05) is 24.3 Å². The number of amides is 2. The van der Waals surface area contributed by atoms with E-state index < -0.39 is 42.4 Å². The lowest BCUT2D eigenvalue weighted by Gasteiger charge is -2.18. The lowest BCUT2D eigenvalue weighted by atomic mass is 10.1. The van der Waals surface area contributed by atoms with Crippen LogP contribution in [0, 0.1) is 0 Å². The van der Waals surface area contributed by atoms with Crippen LogP contribution in [0.15, 0.2) is 18.2 Å². The van der Waals surface area contributed by atoms with Gasteiger partial charge in [0.25, 0.3) is 0 Å². The summed E-state index contributed by atoms with van der Waals surface area (Å²) in [6.07, 6.45) is -0.119. The highest BCUT2D eigenvalue weighted by atomic mass is 32.1. The largest absolute Gasteiger partial charge is 0.508 e. The summed E-state index contributed by atoms with van der Waals surface area (Å²) < 4.78 is 0. The lowest BCUT2D eigenvalue weighted by Crippen LogP contribution is -2.49. The summed E-state index contributed by atoms with van der Waals surface area (Å²) in [5.74, 6) is -4.01. The van der Waals surface area contributed by atoms with Gasteiger partial charge in [-0.15, -0.1) is 0 Å². The molecule has 1 rings (SSSR count). The summed E-state index contributed by atoms with van der Waals surface area (Å²) in [5.41, 5.74) is 0.274. The molecule has 0 heterocycles. The van der Waals surface area contributed by atoms with E-state index in [0.29, 0.717) is 0 Å². The SMILES string of the molecule is O=C(O)CNC(=O)[C@H](CS)NC(=O)CC[C@H](NCCc1c(O)cccc1O)C(=O)O. The Balaban J connectivity index is 2.51. The first-order valence-electron chi connectivity index (χ1n) is 9.01. The van der Waals surface area contributed by atoms with Gasteiger partial charge in [-0.25, -0.2) is 0 Å². The van der Waals surface area contributed by atoms with E-state index >= 15 is 0 Å². The number of nitrogens with one attached hydrogen (secondary N) is 3. The summed E-state index contributed by atoms with van der Waals surface area (Å²) in [5, 5.41) is 44.6. The molecule has 0 bridgehead atoms. The van der Waals surface area contributed by atoms with Crippen molar-refractivity contribution >= 4 is 36.4 Å². The second-order valence-corrected chi connectivity index (χ2v) is 6.69. The van der Waals surface area contributed by atoms with Crippen LogP contribution in [0.25, 0.3) is 0 Å². The van der Waals surface area contributed by atoms with Crippen molar-refractivity contribution in [2.75, 3.05) is 18.8 Å². The maximum atomic E-state index is 12.0. The molecule has 0 spiro atoms. The van der Waals surface area contributed by atoms with Crippen LogP contribution in [0.1, 0.15) is 18.4 Å². The standard InChI is InChI=1S/C18H25N3O8S/c22-13-2-1-3-14(23)10(13)6-7-19-11(18(28)29)4-5-15(24)21-12(9-30)17(27)20-8-16(25)26/h1-3,11-12,19,22-23,30H,4-9H2,(H,20,27)(H,21,24)(H,25,26)(H,28,29)/t11-,12-/m0/s1. The van der Waals surface area contributed by atoms with Gasteiger partial charge in [0.2, 0.25) is 11.8 Å². The molecule has 2 atom stereocenters. The highest BCUT2D eigenvalue weighted by Gasteiger charge is 2.22. The van der Waals surface area contributed by atoms with E-state index in [1.165, 1.54) is 18.2 Å². The van der Waals surface area contributed by atoms with Crippen molar-refractivity contribution in [2.45, 2.75) is 31.3 Å². The van der Waals surface area contributed by atoms with Crippen molar-refractivity contribution in [1.29, 1.82) is 0 Å². The number of phenolic OH excluding ortho intramolecular Hbond substituents is 2. The Morgan fingerprint density at radius 1 is 1.03 bits per heavy atom. The minimum absolute atomic E-state index is 0.0676. The minimum atomic E-state index is -1.24. The van der Waals surface area contributed by atoms with Crippen molar-refractivity contribution in [3.63, 3.8) is 0 Å². The maximum absolute atomic E-state index is 12.0. The molecule has 0 aliphatic rings. The molecular weight excluding hydrogens is 418 g/mol. The van der Waals surface area contributed by atoms with Crippen LogP contribution in [0.4, 0.5) is 0 Å². The first kappa shape index (κ1) is 25.0. The van der Waals surface area contributed by atoms with E-state index in [0.717, 1.165) is 0 Å². The zero-order valence-electron chi connectivity index (χ0n) is 16.0. The molecular formula is C18H25N3O8S. The number of aromatic hydroxyl groups is 2. The second kappa shape index (κ2) is 12.5.